The van der Waals surface area contributed by atoms with Gasteiger partial charge in [0, 0.05) is 0 Å². The van der Waals surface area contributed by atoms with Crippen LogP contribution in [0.3, 0.4) is 0 Å². The molecule has 1 aliphatic heterocycles. The molecule has 3 rings (SSSR count). The lowest BCUT2D eigenvalue weighted by atomic mass is 10.2. The van der Waals surface area contributed by atoms with E-state index < -0.39 is 5.82 Å². The second-order valence-corrected chi connectivity index (χ2v) is 6.85. The minimum atomic E-state index is -0.427. The van der Waals surface area contributed by atoms with Crippen molar-refractivity contribution >= 4 is 40.5 Å². The molecule has 0 aliphatic carbocycles. The Morgan fingerprint density at radius 2 is 1.84 bits per heavy atom. The lowest BCUT2D eigenvalue weighted by molar-refractivity contribution is -0.892. The number of amides is 1. The maximum absolute atomic E-state index is 13.0. The molecule has 1 fully saturated rings. The summed E-state index contributed by atoms with van der Waals surface area (Å²) < 4.78 is 13.0. The van der Waals surface area contributed by atoms with Crippen LogP contribution < -0.4 is 15.1 Å². The van der Waals surface area contributed by atoms with Crippen LogP contribution in [0.5, 0.6) is 0 Å². The van der Waals surface area contributed by atoms with Gasteiger partial charge in [-0.15, -0.1) is 0 Å². The summed E-state index contributed by atoms with van der Waals surface area (Å²) in [5.41, 5.74) is 1.47. The molecule has 0 aromatic heterocycles. The lowest BCUT2D eigenvalue weighted by Crippen LogP contribution is -3.15. The summed E-state index contributed by atoms with van der Waals surface area (Å²) in [6.07, 6.45) is 0. The predicted octanol–water partition coefficient (Wildman–Crippen LogP) is 2.48. The van der Waals surface area contributed by atoms with Crippen LogP contribution >= 0.6 is 23.2 Å². The van der Waals surface area contributed by atoms with Crippen LogP contribution in [-0.2, 0) is 4.79 Å². The Bertz CT molecular complexity index is 764. The van der Waals surface area contributed by atoms with Gasteiger partial charge in [-0.05, 0) is 30.3 Å². The molecule has 0 atom stereocenters. The van der Waals surface area contributed by atoms with Gasteiger partial charge in [-0.25, -0.2) is 4.39 Å². The molecule has 1 amide bonds. The molecule has 2 aromatic rings. The average molecular weight is 383 g/mol. The van der Waals surface area contributed by atoms with Gasteiger partial charge in [0.05, 0.1) is 47.6 Å². The van der Waals surface area contributed by atoms with Crippen molar-refractivity contribution < 1.29 is 14.1 Å². The fourth-order valence-corrected chi connectivity index (χ4v) is 3.43. The van der Waals surface area contributed by atoms with E-state index in [1.54, 1.807) is 0 Å². The van der Waals surface area contributed by atoms with Gasteiger partial charge in [-0.2, -0.15) is 0 Å². The molecule has 25 heavy (non-hydrogen) atoms. The maximum atomic E-state index is 13.0. The normalized spacial score (nSPS) is 15.2. The van der Waals surface area contributed by atoms with Crippen molar-refractivity contribution in [1.29, 1.82) is 0 Å². The van der Waals surface area contributed by atoms with Crippen LogP contribution in [0.2, 0.25) is 10.0 Å². The number of piperazine rings is 1. The van der Waals surface area contributed by atoms with Gasteiger partial charge < -0.3 is 15.1 Å². The molecule has 7 heteroatoms. The molecule has 0 unspecified atom stereocenters. The molecule has 1 heterocycles. The van der Waals surface area contributed by atoms with E-state index in [0.29, 0.717) is 12.2 Å². The van der Waals surface area contributed by atoms with Crippen molar-refractivity contribution in [1.82, 2.24) is 0 Å². The molecule has 1 saturated heterocycles. The molecule has 0 bridgehead atoms. The van der Waals surface area contributed by atoms with Crippen LogP contribution in [0.25, 0.3) is 0 Å². The number of para-hydroxylation sites is 1. The number of hydrogen-bond donors (Lipinski definition) is 2. The molecule has 0 radical (unpaired) electrons. The number of halogens is 3. The molecule has 2 N–H and O–H groups in total. The minimum absolute atomic E-state index is 0.130. The first-order valence-corrected chi connectivity index (χ1v) is 8.86. The van der Waals surface area contributed by atoms with E-state index in [4.69, 9.17) is 23.2 Å². The van der Waals surface area contributed by atoms with Gasteiger partial charge in [-0.1, -0.05) is 35.3 Å². The third-order valence-electron chi connectivity index (χ3n) is 4.28. The van der Waals surface area contributed by atoms with Crippen LogP contribution in [0.4, 0.5) is 15.8 Å². The van der Waals surface area contributed by atoms with E-state index >= 15 is 0 Å². The highest BCUT2D eigenvalue weighted by molar-refractivity contribution is 6.33. The molecular formula is C18H19Cl2FN3O+. The molecule has 0 spiro atoms. The van der Waals surface area contributed by atoms with E-state index in [9.17, 15) is 9.18 Å². The first-order chi connectivity index (χ1) is 12.0. The SMILES string of the molecule is O=C(C[NH+]1CCN(c2ccccc2Cl)CC1)Nc1ccc(F)cc1Cl. The van der Waals surface area contributed by atoms with Gasteiger partial charge in [0.1, 0.15) is 5.82 Å². The van der Waals surface area contributed by atoms with Crippen molar-refractivity contribution in [2.24, 2.45) is 0 Å². The third kappa shape index (κ3) is 4.63. The van der Waals surface area contributed by atoms with Crippen molar-refractivity contribution in [2.45, 2.75) is 0 Å². The summed E-state index contributed by atoms with van der Waals surface area (Å²) in [7, 11) is 0. The monoisotopic (exact) mass is 382 g/mol. The third-order valence-corrected chi connectivity index (χ3v) is 4.91. The van der Waals surface area contributed by atoms with Crippen molar-refractivity contribution in [3.8, 4) is 0 Å². The fourth-order valence-electron chi connectivity index (χ4n) is 2.96. The van der Waals surface area contributed by atoms with Gasteiger partial charge in [0.2, 0.25) is 0 Å². The maximum Gasteiger partial charge on any atom is 0.279 e. The Hall–Kier alpha value is -1.82. The topological polar surface area (TPSA) is 36.8 Å². The average Bonchev–Trinajstić information content (AvgIpc) is 2.59. The second-order valence-electron chi connectivity index (χ2n) is 6.04. The summed E-state index contributed by atoms with van der Waals surface area (Å²) in [5, 5.41) is 3.69. The quantitative estimate of drug-likeness (QED) is 0.851. The highest BCUT2D eigenvalue weighted by Crippen LogP contribution is 2.25. The van der Waals surface area contributed by atoms with Gasteiger partial charge in [0.25, 0.3) is 5.91 Å². The van der Waals surface area contributed by atoms with Crippen LogP contribution in [0.1, 0.15) is 0 Å². The first-order valence-electron chi connectivity index (χ1n) is 8.11. The molecular weight excluding hydrogens is 364 g/mol. The van der Waals surface area contributed by atoms with Gasteiger partial charge in [0.15, 0.2) is 6.54 Å². The number of anilines is 2. The smallest absolute Gasteiger partial charge is 0.279 e. The van der Waals surface area contributed by atoms with E-state index in [2.05, 4.69) is 10.2 Å². The Balaban J connectivity index is 1.52. The molecule has 1 aliphatic rings. The highest BCUT2D eigenvalue weighted by atomic mass is 35.5. The van der Waals surface area contributed by atoms with E-state index in [1.165, 1.54) is 23.1 Å². The van der Waals surface area contributed by atoms with E-state index in [0.717, 1.165) is 36.9 Å². The number of hydrogen-bond acceptors (Lipinski definition) is 2. The number of carbonyl (C=O) groups is 1. The Labute approximate surface area is 156 Å². The fraction of sp³-hybridized carbons (Fsp3) is 0.278. The number of rotatable bonds is 4. The van der Waals surface area contributed by atoms with Crippen LogP contribution in [-0.4, -0.2) is 38.6 Å². The Morgan fingerprint density at radius 3 is 2.52 bits per heavy atom. The lowest BCUT2D eigenvalue weighted by Gasteiger charge is -2.33. The molecule has 132 valence electrons. The zero-order valence-electron chi connectivity index (χ0n) is 13.6. The van der Waals surface area contributed by atoms with Crippen molar-refractivity contribution in [3.63, 3.8) is 0 Å². The van der Waals surface area contributed by atoms with Gasteiger partial charge in [-0.3, -0.25) is 4.79 Å². The largest absolute Gasteiger partial charge is 0.359 e. The highest BCUT2D eigenvalue weighted by Gasteiger charge is 2.23. The number of nitrogens with zero attached hydrogens (tertiary/aromatic N) is 1. The van der Waals surface area contributed by atoms with E-state index in [1.807, 2.05) is 24.3 Å². The van der Waals surface area contributed by atoms with Crippen LogP contribution in [0, 0.1) is 5.82 Å². The number of benzene rings is 2. The summed E-state index contributed by atoms with van der Waals surface area (Å²) in [5.74, 6) is -0.556. The van der Waals surface area contributed by atoms with Crippen LogP contribution in [0.15, 0.2) is 42.5 Å². The summed E-state index contributed by atoms with van der Waals surface area (Å²) >= 11 is 12.2. The second kappa shape index (κ2) is 8.04. The number of carbonyl (C=O) groups excluding carboxylic acids is 1. The summed E-state index contributed by atoms with van der Waals surface area (Å²) in [6, 6.07) is 11.7. The minimum Gasteiger partial charge on any atom is -0.359 e. The predicted molar refractivity (Wildman–Crippen MR) is 99.3 cm³/mol. The molecule has 4 nitrogen and oxygen atoms in total. The van der Waals surface area contributed by atoms with Crippen molar-refractivity contribution in [3.05, 3.63) is 58.3 Å². The summed E-state index contributed by atoms with van der Waals surface area (Å²) in [6.45, 7) is 3.71. The zero-order chi connectivity index (χ0) is 17.8. The number of nitrogens with one attached hydrogen (secondary N) is 2. The molecule has 0 saturated carbocycles. The Kier molecular flexibility index (Phi) is 5.78. The zero-order valence-corrected chi connectivity index (χ0v) is 15.1. The Morgan fingerprint density at radius 1 is 1.12 bits per heavy atom. The summed E-state index contributed by atoms with van der Waals surface area (Å²) in [4.78, 5) is 15.6. The standard InChI is InChI=1S/C18H18Cl2FN3O/c19-14-3-1-2-4-17(14)24-9-7-23(8-10-24)12-18(25)22-16-6-5-13(21)11-15(16)20/h1-6,11H,7-10,12H2,(H,22,25)/p+1. The van der Waals surface area contributed by atoms with Crippen molar-refractivity contribution in [2.75, 3.05) is 42.9 Å². The van der Waals surface area contributed by atoms with Gasteiger partial charge >= 0.3 is 0 Å². The van der Waals surface area contributed by atoms with E-state index in [-0.39, 0.29) is 10.9 Å². The number of quaternary nitrogens is 1. The first kappa shape index (κ1) is 18.0. The molecule has 2 aromatic carbocycles.